The van der Waals surface area contributed by atoms with Gasteiger partial charge in [0.25, 0.3) is 0 Å². The highest BCUT2D eigenvalue weighted by Crippen LogP contribution is 2.33. The van der Waals surface area contributed by atoms with E-state index < -0.39 is 0 Å². The Morgan fingerprint density at radius 2 is 1.71 bits per heavy atom. The van der Waals surface area contributed by atoms with Crippen LogP contribution in [-0.4, -0.2) is 15.1 Å². The summed E-state index contributed by atoms with van der Waals surface area (Å²) in [6, 6.07) is 3.13. The largest absolute Gasteiger partial charge is 0.492 e. The average molecular weight is 271 g/mol. The zero-order chi connectivity index (χ0) is 12.6. The minimum absolute atomic E-state index is 0.0985. The van der Waals surface area contributed by atoms with Crippen LogP contribution in [0.25, 0.3) is 11.4 Å². The van der Waals surface area contributed by atoms with E-state index in [4.69, 9.17) is 34.7 Å². The molecule has 0 aliphatic heterocycles. The summed E-state index contributed by atoms with van der Waals surface area (Å²) in [7, 11) is 0. The Labute approximate surface area is 107 Å². The standard InChI is InChI=1S/C10H8Cl2N4O/c11-5-1-4(2-6(12)8(5)14)9-15-3-7(13)10(17)16-9/h1-3H,13-14H2,(H,15,16,17). The van der Waals surface area contributed by atoms with Crippen LogP contribution in [0.1, 0.15) is 0 Å². The van der Waals surface area contributed by atoms with Crippen LogP contribution in [0.4, 0.5) is 11.4 Å². The molecule has 0 bridgehead atoms. The average Bonchev–Trinajstić information content (AvgIpc) is 2.29. The van der Waals surface area contributed by atoms with Crippen LogP contribution >= 0.6 is 23.2 Å². The smallest absolute Gasteiger partial charge is 0.238 e. The van der Waals surface area contributed by atoms with Crippen LogP contribution in [0, 0.1) is 0 Å². The van der Waals surface area contributed by atoms with Gasteiger partial charge in [0.1, 0.15) is 5.69 Å². The van der Waals surface area contributed by atoms with E-state index in [0.717, 1.165) is 0 Å². The van der Waals surface area contributed by atoms with Crippen molar-refractivity contribution < 1.29 is 5.11 Å². The molecule has 0 spiro atoms. The number of anilines is 2. The lowest BCUT2D eigenvalue weighted by Gasteiger charge is -2.06. The van der Waals surface area contributed by atoms with Gasteiger partial charge in [0, 0.05) is 5.56 Å². The van der Waals surface area contributed by atoms with Gasteiger partial charge in [0.2, 0.25) is 5.88 Å². The van der Waals surface area contributed by atoms with E-state index in [1.165, 1.54) is 6.20 Å². The lowest BCUT2D eigenvalue weighted by Crippen LogP contribution is -1.95. The second kappa shape index (κ2) is 4.27. The number of hydrogen-bond acceptors (Lipinski definition) is 5. The SMILES string of the molecule is Nc1cnc(-c2cc(Cl)c(N)c(Cl)c2)nc1O. The summed E-state index contributed by atoms with van der Waals surface area (Å²) < 4.78 is 0. The number of nitrogen functional groups attached to an aromatic ring is 2. The third kappa shape index (κ3) is 2.20. The molecule has 0 atom stereocenters. The van der Waals surface area contributed by atoms with E-state index in [1.807, 2.05) is 0 Å². The number of nitrogens with two attached hydrogens (primary N) is 2. The first-order valence-electron chi connectivity index (χ1n) is 4.55. The summed E-state index contributed by atoms with van der Waals surface area (Å²) in [6.45, 7) is 0. The lowest BCUT2D eigenvalue weighted by molar-refractivity contribution is 0.456. The zero-order valence-corrected chi connectivity index (χ0v) is 10.00. The fourth-order valence-electron chi connectivity index (χ4n) is 1.23. The van der Waals surface area contributed by atoms with Gasteiger partial charge in [-0.15, -0.1) is 0 Å². The molecule has 88 valence electrons. The monoisotopic (exact) mass is 270 g/mol. The number of benzene rings is 1. The number of rotatable bonds is 1. The molecule has 5 N–H and O–H groups in total. The fraction of sp³-hybridized carbons (Fsp3) is 0. The molecule has 0 aliphatic carbocycles. The van der Waals surface area contributed by atoms with Gasteiger partial charge >= 0.3 is 0 Å². The lowest BCUT2D eigenvalue weighted by atomic mass is 10.2. The molecule has 2 rings (SSSR count). The van der Waals surface area contributed by atoms with E-state index in [0.29, 0.717) is 15.6 Å². The highest BCUT2D eigenvalue weighted by molar-refractivity contribution is 6.39. The first kappa shape index (κ1) is 11.8. The van der Waals surface area contributed by atoms with Crippen molar-refractivity contribution in [3.63, 3.8) is 0 Å². The number of halogens is 2. The van der Waals surface area contributed by atoms with Crippen LogP contribution in [0.5, 0.6) is 5.88 Å². The molecule has 0 saturated heterocycles. The van der Waals surface area contributed by atoms with Gasteiger partial charge in [0.15, 0.2) is 5.82 Å². The zero-order valence-electron chi connectivity index (χ0n) is 8.48. The molecule has 0 fully saturated rings. The van der Waals surface area contributed by atoms with Gasteiger partial charge in [-0.3, -0.25) is 0 Å². The molecule has 0 amide bonds. The van der Waals surface area contributed by atoms with E-state index >= 15 is 0 Å². The molecular weight excluding hydrogens is 263 g/mol. The number of aromatic nitrogens is 2. The molecule has 5 nitrogen and oxygen atoms in total. The van der Waals surface area contributed by atoms with Crippen molar-refractivity contribution in [2.45, 2.75) is 0 Å². The minimum atomic E-state index is -0.293. The van der Waals surface area contributed by atoms with Crippen LogP contribution in [0.3, 0.4) is 0 Å². The van der Waals surface area contributed by atoms with E-state index in [9.17, 15) is 5.11 Å². The van der Waals surface area contributed by atoms with E-state index in [2.05, 4.69) is 9.97 Å². The summed E-state index contributed by atoms with van der Waals surface area (Å²) in [4.78, 5) is 7.78. The predicted molar refractivity (Wildman–Crippen MR) is 68.0 cm³/mol. The maximum Gasteiger partial charge on any atom is 0.238 e. The highest BCUT2D eigenvalue weighted by Gasteiger charge is 2.10. The molecule has 17 heavy (non-hydrogen) atoms. The summed E-state index contributed by atoms with van der Waals surface area (Å²) >= 11 is 11.8. The molecule has 1 heterocycles. The van der Waals surface area contributed by atoms with Crippen LogP contribution < -0.4 is 11.5 Å². The molecule has 0 saturated carbocycles. The van der Waals surface area contributed by atoms with Crippen LogP contribution in [-0.2, 0) is 0 Å². The molecule has 1 aromatic heterocycles. The Kier molecular flexibility index (Phi) is 2.95. The summed E-state index contributed by atoms with van der Waals surface area (Å²) in [5, 5.41) is 9.98. The third-order valence-corrected chi connectivity index (χ3v) is 2.76. The molecule has 7 heteroatoms. The Balaban J connectivity index is 2.57. The molecule has 0 unspecified atom stereocenters. The first-order chi connectivity index (χ1) is 7.99. The van der Waals surface area contributed by atoms with Crippen molar-refractivity contribution in [3.8, 4) is 17.3 Å². The van der Waals surface area contributed by atoms with E-state index in [-0.39, 0.29) is 23.1 Å². The third-order valence-electron chi connectivity index (χ3n) is 2.13. The molecule has 2 aromatic rings. The van der Waals surface area contributed by atoms with Crippen molar-refractivity contribution in [2.24, 2.45) is 0 Å². The summed E-state index contributed by atoms with van der Waals surface area (Å²) in [5.41, 5.74) is 11.9. The topological polar surface area (TPSA) is 98.0 Å². The van der Waals surface area contributed by atoms with Crippen molar-refractivity contribution in [3.05, 3.63) is 28.4 Å². The van der Waals surface area contributed by atoms with Gasteiger partial charge in [0.05, 0.1) is 21.9 Å². The fourth-order valence-corrected chi connectivity index (χ4v) is 1.72. The summed E-state index contributed by atoms with van der Waals surface area (Å²) in [6.07, 6.45) is 1.30. The number of aromatic hydroxyl groups is 1. The van der Waals surface area contributed by atoms with Crippen LogP contribution in [0.2, 0.25) is 10.0 Å². The second-order valence-corrected chi connectivity index (χ2v) is 4.14. The van der Waals surface area contributed by atoms with Crippen molar-refractivity contribution in [1.29, 1.82) is 0 Å². The molecule has 0 aliphatic rings. The van der Waals surface area contributed by atoms with Crippen LogP contribution in [0.15, 0.2) is 18.3 Å². The van der Waals surface area contributed by atoms with Gasteiger partial charge in [-0.1, -0.05) is 23.2 Å². The maximum absolute atomic E-state index is 9.39. The predicted octanol–water partition coefficient (Wildman–Crippen LogP) is 2.32. The molecular formula is C10H8Cl2N4O. The number of nitrogens with zero attached hydrogens (tertiary/aromatic N) is 2. The maximum atomic E-state index is 9.39. The molecule has 1 aromatic carbocycles. The normalized spacial score (nSPS) is 10.5. The Hall–Kier alpha value is -1.72. The van der Waals surface area contributed by atoms with Crippen molar-refractivity contribution in [2.75, 3.05) is 11.5 Å². The summed E-state index contributed by atoms with van der Waals surface area (Å²) in [5.74, 6) is -0.0282. The Bertz CT molecular complexity index is 566. The first-order valence-corrected chi connectivity index (χ1v) is 5.31. The Morgan fingerprint density at radius 1 is 1.12 bits per heavy atom. The van der Waals surface area contributed by atoms with Crippen molar-refractivity contribution in [1.82, 2.24) is 9.97 Å². The quantitative estimate of drug-likeness (QED) is 0.691. The molecule has 0 radical (unpaired) electrons. The van der Waals surface area contributed by atoms with Gasteiger partial charge in [-0.25, -0.2) is 4.98 Å². The second-order valence-electron chi connectivity index (χ2n) is 3.33. The Morgan fingerprint density at radius 3 is 2.24 bits per heavy atom. The minimum Gasteiger partial charge on any atom is -0.492 e. The van der Waals surface area contributed by atoms with E-state index in [1.54, 1.807) is 12.1 Å². The highest BCUT2D eigenvalue weighted by atomic mass is 35.5. The van der Waals surface area contributed by atoms with Gasteiger partial charge in [-0.05, 0) is 12.1 Å². The van der Waals surface area contributed by atoms with Gasteiger partial charge < -0.3 is 16.6 Å². The number of hydrogen-bond donors (Lipinski definition) is 3. The van der Waals surface area contributed by atoms with Crippen molar-refractivity contribution >= 4 is 34.6 Å². The van der Waals surface area contributed by atoms with Gasteiger partial charge in [-0.2, -0.15) is 4.98 Å².